The highest BCUT2D eigenvalue weighted by atomic mass is 32.1. The number of thiazole rings is 1. The highest BCUT2D eigenvalue weighted by Gasteiger charge is 2.34. The quantitative estimate of drug-likeness (QED) is 0.820. The summed E-state index contributed by atoms with van der Waals surface area (Å²) in [6.45, 7) is 3.56. The van der Waals surface area contributed by atoms with Crippen LogP contribution in [0.3, 0.4) is 0 Å². The molecule has 5 heteroatoms. The molecular formula is C18H21N3OS. The van der Waals surface area contributed by atoms with Gasteiger partial charge in [-0.2, -0.15) is 0 Å². The van der Waals surface area contributed by atoms with E-state index in [-0.39, 0.29) is 5.41 Å². The first-order valence-electron chi connectivity index (χ1n) is 7.87. The van der Waals surface area contributed by atoms with Gasteiger partial charge in [0.25, 0.3) is 0 Å². The first kappa shape index (κ1) is 15.7. The number of nitrogens with two attached hydrogens (primary N) is 1. The molecule has 3 rings (SSSR count). The highest BCUT2D eigenvalue weighted by Crippen LogP contribution is 2.37. The molecule has 4 nitrogen and oxygen atoms in total. The summed E-state index contributed by atoms with van der Waals surface area (Å²) in [7, 11) is 0. The summed E-state index contributed by atoms with van der Waals surface area (Å²) in [4.78, 5) is 8.96. The van der Waals surface area contributed by atoms with E-state index in [2.05, 4.69) is 35.1 Å². The Morgan fingerprint density at radius 1 is 1.30 bits per heavy atom. The van der Waals surface area contributed by atoms with Gasteiger partial charge in [0.05, 0.1) is 24.3 Å². The number of dihydropyridines is 1. The van der Waals surface area contributed by atoms with Crippen LogP contribution in [0.15, 0.2) is 46.8 Å². The second-order valence-corrected chi connectivity index (χ2v) is 6.51. The number of ether oxygens (including phenoxy) is 1. The predicted molar refractivity (Wildman–Crippen MR) is 96.7 cm³/mol. The number of anilines is 1. The SMILES string of the molecule is CCCCOc1ccc(C2(c3csc(N)n3)C=CC=NC2)cc1. The van der Waals surface area contributed by atoms with E-state index in [4.69, 9.17) is 10.5 Å². The van der Waals surface area contributed by atoms with Crippen LogP contribution in [0.2, 0.25) is 0 Å². The number of allylic oxidation sites excluding steroid dienone is 1. The molecule has 1 aromatic carbocycles. The zero-order valence-corrected chi connectivity index (χ0v) is 14.1. The molecule has 0 saturated carbocycles. The number of benzene rings is 1. The van der Waals surface area contributed by atoms with E-state index in [9.17, 15) is 0 Å². The van der Waals surface area contributed by atoms with E-state index < -0.39 is 0 Å². The van der Waals surface area contributed by atoms with Gasteiger partial charge in [0.1, 0.15) is 5.75 Å². The van der Waals surface area contributed by atoms with E-state index in [1.54, 1.807) is 0 Å². The Hall–Kier alpha value is -2.14. The average Bonchev–Trinajstić information content (AvgIpc) is 3.03. The van der Waals surface area contributed by atoms with Crippen LogP contribution in [0.4, 0.5) is 5.13 Å². The number of aliphatic imine (C=N–C) groups is 1. The van der Waals surface area contributed by atoms with Crippen molar-refractivity contribution in [1.29, 1.82) is 0 Å². The minimum atomic E-state index is -0.342. The normalized spacial score (nSPS) is 19.9. The Morgan fingerprint density at radius 2 is 2.13 bits per heavy atom. The van der Waals surface area contributed by atoms with Gasteiger partial charge in [-0.25, -0.2) is 4.98 Å². The second kappa shape index (κ2) is 6.96. The van der Waals surface area contributed by atoms with Gasteiger partial charge in [-0.05, 0) is 30.2 Å². The van der Waals surface area contributed by atoms with E-state index in [1.165, 1.54) is 11.3 Å². The van der Waals surface area contributed by atoms with Crippen molar-refractivity contribution in [3.8, 4) is 5.75 Å². The van der Waals surface area contributed by atoms with Crippen molar-refractivity contribution < 1.29 is 4.74 Å². The van der Waals surface area contributed by atoms with Gasteiger partial charge in [0.15, 0.2) is 5.13 Å². The van der Waals surface area contributed by atoms with E-state index in [0.29, 0.717) is 11.7 Å². The third-order valence-electron chi connectivity index (χ3n) is 4.03. The lowest BCUT2D eigenvalue weighted by Gasteiger charge is -2.29. The maximum atomic E-state index is 5.84. The lowest BCUT2D eigenvalue weighted by Crippen LogP contribution is -2.31. The van der Waals surface area contributed by atoms with Gasteiger partial charge in [-0.3, -0.25) is 4.99 Å². The zero-order valence-electron chi connectivity index (χ0n) is 13.2. The van der Waals surface area contributed by atoms with Crippen LogP contribution in [-0.2, 0) is 5.41 Å². The van der Waals surface area contributed by atoms with Crippen LogP contribution in [0.5, 0.6) is 5.75 Å². The first-order chi connectivity index (χ1) is 11.2. The number of aromatic nitrogens is 1. The topological polar surface area (TPSA) is 60.5 Å². The summed E-state index contributed by atoms with van der Waals surface area (Å²) < 4.78 is 5.75. The van der Waals surface area contributed by atoms with Crippen molar-refractivity contribution in [3.63, 3.8) is 0 Å². The smallest absolute Gasteiger partial charge is 0.180 e. The fourth-order valence-corrected chi connectivity index (χ4v) is 3.34. The Bertz CT molecular complexity index is 705. The molecule has 0 radical (unpaired) electrons. The van der Waals surface area contributed by atoms with Crippen LogP contribution < -0.4 is 10.5 Å². The third-order valence-corrected chi connectivity index (χ3v) is 4.70. The zero-order chi connectivity index (χ0) is 16.1. The summed E-state index contributed by atoms with van der Waals surface area (Å²) in [5.74, 6) is 0.901. The van der Waals surface area contributed by atoms with Gasteiger partial charge in [0.2, 0.25) is 0 Å². The Morgan fingerprint density at radius 3 is 2.74 bits per heavy atom. The Kier molecular flexibility index (Phi) is 4.76. The predicted octanol–water partition coefficient (Wildman–Crippen LogP) is 3.83. The fourth-order valence-electron chi connectivity index (χ4n) is 2.69. The molecular weight excluding hydrogens is 306 g/mol. The molecule has 0 fully saturated rings. The number of hydrogen-bond donors (Lipinski definition) is 1. The monoisotopic (exact) mass is 327 g/mol. The number of hydrogen-bond acceptors (Lipinski definition) is 5. The van der Waals surface area contributed by atoms with Crippen molar-refractivity contribution in [2.24, 2.45) is 4.99 Å². The lowest BCUT2D eigenvalue weighted by molar-refractivity contribution is 0.309. The van der Waals surface area contributed by atoms with Crippen LogP contribution in [0.25, 0.3) is 0 Å². The lowest BCUT2D eigenvalue weighted by atomic mass is 9.77. The fraction of sp³-hybridized carbons (Fsp3) is 0.333. The molecule has 1 atom stereocenters. The number of unbranched alkanes of at least 4 members (excludes halogenated alkanes) is 1. The van der Waals surface area contributed by atoms with Crippen LogP contribution >= 0.6 is 11.3 Å². The van der Waals surface area contributed by atoms with Gasteiger partial charge in [0, 0.05) is 11.6 Å². The molecule has 2 heterocycles. The van der Waals surface area contributed by atoms with Crippen molar-refractivity contribution in [2.45, 2.75) is 25.2 Å². The third kappa shape index (κ3) is 3.29. The maximum absolute atomic E-state index is 5.84. The first-order valence-corrected chi connectivity index (χ1v) is 8.75. The summed E-state index contributed by atoms with van der Waals surface area (Å²) in [6, 6.07) is 8.24. The molecule has 1 unspecified atom stereocenters. The molecule has 1 aliphatic rings. The van der Waals surface area contributed by atoms with Crippen LogP contribution in [0.1, 0.15) is 31.0 Å². The molecule has 0 spiro atoms. The minimum Gasteiger partial charge on any atom is -0.494 e. The minimum absolute atomic E-state index is 0.342. The van der Waals surface area contributed by atoms with Gasteiger partial charge < -0.3 is 10.5 Å². The molecule has 1 aromatic heterocycles. The summed E-state index contributed by atoms with van der Waals surface area (Å²) in [5.41, 5.74) is 7.60. The number of rotatable bonds is 6. The molecule has 1 aliphatic heterocycles. The molecule has 120 valence electrons. The number of nitrogen functional groups attached to an aromatic ring is 1. The molecule has 2 aromatic rings. The Balaban J connectivity index is 1.89. The van der Waals surface area contributed by atoms with Crippen molar-refractivity contribution >= 4 is 22.7 Å². The van der Waals surface area contributed by atoms with Crippen LogP contribution in [-0.4, -0.2) is 24.4 Å². The van der Waals surface area contributed by atoms with Gasteiger partial charge in [-0.1, -0.05) is 31.6 Å². The van der Waals surface area contributed by atoms with Crippen LogP contribution in [0, 0.1) is 0 Å². The van der Waals surface area contributed by atoms with Gasteiger partial charge in [-0.15, -0.1) is 11.3 Å². The molecule has 23 heavy (non-hydrogen) atoms. The molecule has 0 aliphatic carbocycles. The largest absolute Gasteiger partial charge is 0.494 e. The maximum Gasteiger partial charge on any atom is 0.180 e. The molecule has 2 N–H and O–H groups in total. The van der Waals surface area contributed by atoms with Crippen molar-refractivity contribution in [2.75, 3.05) is 18.9 Å². The standard InChI is InChI=1S/C18H21N3OS/c1-2-3-11-22-15-7-5-14(6-8-15)18(9-4-10-20-13-18)16-12-23-17(19)21-16/h4-10,12H,2-3,11,13H2,1H3,(H2,19,21). The van der Waals surface area contributed by atoms with E-state index in [1.807, 2.05) is 29.8 Å². The van der Waals surface area contributed by atoms with E-state index in [0.717, 1.165) is 36.5 Å². The van der Waals surface area contributed by atoms with E-state index >= 15 is 0 Å². The second-order valence-electron chi connectivity index (χ2n) is 5.62. The summed E-state index contributed by atoms with van der Waals surface area (Å²) in [6.07, 6.45) is 8.17. The average molecular weight is 327 g/mol. The summed E-state index contributed by atoms with van der Waals surface area (Å²) in [5, 5.41) is 2.61. The molecule has 0 saturated heterocycles. The Labute approximate surface area is 140 Å². The van der Waals surface area contributed by atoms with Gasteiger partial charge >= 0.3 is 0 Å². The van der Waals surface area contributed by atoms with Crippen molar-refractivity contribution in [3.05, 3.63) is 53.1 Å². The number of nitrogens with zero attached hydrogens (tertiary/aromatic N) is 2. The van der Waals surface area contributed by atoms with Crippen molar-refractivity contribution in [1.82, 2.24) is 4.98 Å². The molecule has 0 amide bonds. The molecule has 0 bridgehead atoms. The summed E-state index contributed by atoms with van der Waals surface area (Å²) >= 11 is 1.46. The highest BCUT2D eigenvalue weighted by molar-refractivity contribution is 7.13.